The second-order valence-electron chi connectivity index (χ2n) is 7.33. The van der Waals surface area contributed by atoms with Gasteiger partial charge in [-0.2, -0.15) is 10.1 Å². The van der Waals surface area contributed by atoms with E-state index in [-0.39, 0.29) is 5.56 Å². The minimum Gasteiger partial charge on any atom is -0.352 e. The molecule has 9 nitrogen and oxygen atoms in total. The van der Waals surface area contributed by atoms with Crippen LogP contribution in [-0.4, -0.2) is 55.9 Å². The standard InChI is InChI=1S/C21H18N8OS/c30-19-16-12-24-29(14-4-2-1-3-5-14)18(16)25-21(26-19)28-9-7-27(8-10-28)17-15-6-11-31-20(15)23-13-22-17/h1-6,11-13H,7-10H2,(H,25,26,30). The van der Waals surface area contributed by atoms with Crippen molar-refractivity contribution in [3.63, 3.8) is 0 Å². The second-order valence-corrected chi connectivity index (χ2v) is 8.22. The summed E-state index contributed by atoms with van der Waals surface area (Å²) in [5.74, 6) is 1.53. The summed E-state index contributed by atoms with van der Waals surface area (Å²) >= 11 is 1.62. The Labute approximate surface area is 180 Å². The molecule has 5 heterocycles. The van der Waals surface area contributed by atoms with E-state index in [9.17, 15) is 4.79 Å². The Morgan fingerprint density at radius 1 is 0.935 bits per heavy atom. The van der Waals surface area contributed by atoms with Gasteiger partial charge in [0.2, 0.25) is 5.95 Å². The van der Waals surface area contributed by atoms with Gasteiger partial charge in [-0.1, -0.05) is 18.2 Å². The van der Waals surface area contributed by atoms with Crippen LogP contribution < -0.4 is 15.4 Å². The van der Waals surface area contributed by atoms with Crippen molar-refractivity contribution >= 4 is 44.4 Å². The maximum atomic E-state index is 12.7. The minimum absolute atomic E-state index is 0.180. The molecule has 154 valence electrons. The van der Waals surface area contributed by atoms with Crippen LogP contribution in [-0.2, 0) is 0 Å². The molecule has 10 heteroatoms. The summed E-state index contributed by atoms with van der Waals surface area (Å²) in [6, 6.07) is 11.8. The van der Waals surface area contributed by atoms with Gasteiger partial charge in [-0.25, -0.2) is 14.6 Å². The monoisotopic (exact) mass is 430 g/mol. The molecule has 1 N–H and O–H groups in total. The second kappa shape index (κ2) is 7.17. The van der Waals surface area contributed by atoms with E-state index < -0.39 is 0 Å². The highest BCUT2D eigenvalue weighted by Gasteiger charge is 2.23. The van der Waals surface area contributed by atoms with Gasteiger partial charge in [0.1, 0.15) is 22.4 Å². The maximum Gasteiger partial charge on any atom is 0.263 e. The number of piperazine rings is 1. The van der Waals surface area contributed by atoms with Crippen LogP contribution >= 0.6 is 11.3 Å². The summed E-state index contributed by atoms with van der Waals surface area (Å²) in [6.07, 6.45) is 3.19. The van der Waals surface area contributed by atoms with Gasteiger partial charge in [-0.15, -0.1) is 11.3 Å². The lowest BCUT2D eigenvalue weighted by molar-refractivity contribution is 0.636. The fourth-order valence-corrected chi connectivity index (χ4v) is 4.70. The molecule has 1 saturated heterocycles. The van der Waals surface area contributed by atoms with Crippen LogP contribution in [0.2, 0.25) is 0 Å². The number of rotatable bonds is 3. The fourth-order valence-electron chi connectivity index (χ4n) is 3.97. The molecule has 6 rings (SSSR count). The topological polar surface area (TPSA) is 95.8 Å². The van der Waals surface area contributed by atoms with Crippen molar-refractivity contribution in [2.45, 2.75) is 0 Å². The van der Waals surface area contributed by atoms with Gasteiger partial charge >= 0.3 is 0 Å². The molecule has 1 aromatic carbocycles. The molecular formula is C21H18N8OS. The zero-order valence-corrected chi connectivity index (χ0v) is 17.3. The van der Waals surface area contributed by atoms with E-state index in [0.29, 0.717) is 17.0 Å². The Bertz CT molecular complexity index is 1430. The highest BCUT2D eigenvalue weighted by molar-refractivity contribution is 7.16. The van der Waals surface area contributed by atoms with Crippen LogP contribution in [0.4, 0.5) is 11.8 Å². The molecular weight excluding hydrogens is 412 g/mol. The number of hydrogen-bond acceptors (Lipinski definition) is 8. The van der Waals surface area contributed by atoms with Crippen molar-refractivity contribution in [1.29, 1.82) is 0 Å². The third kappa shape index (κ3) is 3.03. The van der Waals surface area contributed by atoms with Gasteiger partial charge in [0, 0.05) is 26.2 Å². The first-order chi connectivity index (χ1) is 15.3. The number of benzene rings is 1. The number of aromatic nitrogens is 6. The van der Waals surface area contributed by atoms with E-state index >= 15 is 0 Å². The third-order valence-corrected chi connectivity index (χ3v) is 6.37. The lowest BCUT2D eigenvalue weighted by atomic mass is 10.3. The normalized spacial score (nSPS) is 14.6. The van der Waals surface area contributed by atoms with Crippen LogP contribution in [0.1, 0.15) is 0 Å². The summed E-state index contributed by atoms with van der Waals surface area (Å²) in [5, 5.41) is 7.99. The van der Waals surface area contributed by atoms with Gasteiger partial charge in [0.15, 0.2) is 5.65 Å². The number of nitrogens with zero attached hydrogens (tertiary/aromatic N) is 7. The molecule has 0 atom stereocenters. The van der Waals surface area contributed by atoms with Crippen molar-refractivity contribution in [3.8, 4) is 5.69 Å². The van der Waals surface area contributed by atoms with Crippen molar-refractivity contribution in [2.75, 3.05) is 36.0 Å². The van der Waals surface area contributed by atoms with Crippen molar-refractivity contribution in [3.05, 3.63) is 64.7 Å². The van der Waals surface area contributed by atoms with Crippen LogP contribution in [0.25, 0.3) is 26.9 Å². The number of para-hydroxylation sites is 1. The molecule has 1 aliphatic rings. The summed E-state index contributed by atoms with van der Waals surface area (Å²) in [7, 11) is 0. The van der Waals surface area contributed by atoms with Crippen molar-refractivity contribution < 1.29 is 0 Å². The number of hydrogen-bond donors (Lipinski definition) is 1. The maximum absolute atomic E-state index is 12.7. The fraction of sp³-hybridized carbons (Fsp3) is 0.190. The Morgan fingerprint density at radius 2 is 1.74 bits per heavy atom. The molecule has 5 aromatic rings. The van der Waals surface area contributed by atoms with Crippen molar-refractivity contribution in [1.82, 2.24) is 29.7 Å². The lowest BCUT2D eigenvalue weighted by Gasteiger charge is -2.35. The molecule has 0 unspecified atom stereocenters. The summed E-state index contributed by atoms with van der Waals surface area (Å²) in [6.45, 7) is 3.01. The first-order valence-corrected chi connectivity index (χ1v) is 10.9. The Hall–Kier alpha value is -3.79. The highest BCUT2D eigenvalue weighted by atomic mass is 32.1. The summed E-state index contributed by atoms with van der Waals surface area (Å²) in [4.78, 5) is 34.6. The average Bonchev–Trinajstić information content (AvgIpc) is 3.47. The molecule has 0 spiro atoms. The summed E-state index contributed by atoms with van der Waals surface area (Å²) < 4.78 is 1.71. The largest absolute Gasteiger partial charge is 0.352 e. The van der Waals surface area contributed by atoms with Crippen LogP contribution in [0.5, 0.6) is 0 Å². The van der Waals surface area contributed by atoms with E-state index in [1.54, 1.807) is 28.5 Å². The Morgan fingerprint density at radius 3 is 2.58 bits per heavy atom. The number of fused-ring (bicyclic) bond motifs is 2. The molecule has 31 heavy (non-hydrogen) atoms. The average molecular weight is 430 g/mol. The molecule has 4 aromatic heterocycles. The van der Waals surface area contributed by atoms with Crippen LogP contribution in [0, 0.1) is 0 Å². The van der Waals surface area contributed by atoms with Crippen molar-refractivity contribution in [2.24, 2.45) is 0 Å². The van der Waals surface area contributed by atoms with Gasteiger partial charge < -0.3 is 9.80 Å². The van der Waals surface area contributed by atoms with Crippen LogP contribution in [0.15, 0.2) is 59.1 Å². The smallest absolute Gasteiger partial charge is 0.263 e. The first kappa shape index (κ1) is 18.0. The van der Waals surface area contributed by atoms with Crippen LogP contribution in [0.3, 0.4) is 0 Å². The van der Waals surface area contributed by atoms with E-state index in [1.165, 1.54) is 0 Å². The first-order valence-electron chi connectivity index (χ1n) is 9.99. The van der Waals surface area contributed by atoms with Gasteiger partial charge in [0.25, 0.3) is 5.56 Å². The molecule has 0 amide bonds. The lowest BCUT2D eigenvalue weighted by Crippen LogP contribution is -2.47. The molecule has 1 aliphatic heterocycles. The van der Waals surface area contributed by atoms with Gasteiger partial charge in [-0.3, -0.25) is 9.78 Å². The predicted octanol–water partition coefficient (Wildman–Crippen LogP) is 2.44. The zero-order valence-electron chi connectivity index (χ0n) is 16.5. The van der Waals surface area contributed by atoms with E-state index in [4.69, 9.17) is 4.98 Å². The van der Waals surface area contributed by atoms with E-state index in [0.717, 1.165) is 47.9 Å². The molecule has 0 aliphatic carbocycles. The Balaban J connectivity index is 1.30. The predicted molar refractivity (Wildman–Crippen MR) is 121 cm³/mol. The molecule has 1 fully saturated rings. The summed E-state index contributed by atoms with van der Waals surface area (Å²) in [5.41, 5.74) is 1.25. The zero-order chi connectivity index (χ0) is 20.8. The molecule has 0 bridgehead atoms. The number of aromatic amines is 1. The minimum atomic E-state index is -0.180. The Kier molecular flexibility index (Phi) is 4.17. The van der Waals surface area contributed by atoms with E-state index in [1.807, 2.05) is 35.7 Å². The quantitative estimate of drug-likeness (QED) is 0.470. The van der Waals surface area contributed by atoms with Gasteiger partial charge in [-0.05, 0) is 23.6 Å². The third-order valence-electron chi connectivity index (χ3n) is 5.55. The number of H-pyrrole nitrogens is 1. The number of nitrogens with one attached hydrogen (secondary N) is 1. The number of thiophene rings is 1. The molecule has 0 radical (unpaired) electrons. The van der Waals surface area contributed by atoms with Gasteiger partial charge in [0.05, 0.1) is 17.3 Å². The SMILES string of the molecule is O=c1[nH]c(N2CCN(c3ncnc4sccc34)CC2)nc2c1cnn2-c1ccccc1. The molecule has 0 saturated carbocycles. The number of anilines is 2. The van der Waals surface area contributed by atoms with E-state index in [2.05, 4.69) is 35.9 Å². The highest BCUT2D eigenvalue weighted by Crippen LogP contribution is 2.27.